The summed E-state index contributed by atoms with van der Waals surface area (Å²) in [5.74, 6) is 0.0112. The molecule has 0 spiro atoms. The number of nitrogens with zero attached hydrogens (tertiary/aromatic N) is 3. The third kappa shape index (κ3) is 3.10. The number of carbonyl (C=O) groups excluding carboxylic acids is 1. The summed E-state index contributed by atoms with van der Waals surface area (Å²) in [5, 5.41) is 6.81. The molecule has 4 rings (SSSR count). The summed E-state index contributed by atoms with van der Waals surface area (Å²) < 4.78 is 1.87. The van der Waals surface area contributed by atoms with E-state index in [1.165, 1.54) is 0 Å². The van der Waals surface area contributed by atoms with Gasteiger partial charge in [0.2, 0.25) is 5.91 Å². The maximum atomic E-state index is 12.5. The second-order valence-electron chi connectivity index (χ2n) is 6.58. The molecule has 1 saturated carbocycles. The van der Waals surface area contributed by atoms with Crippen LogP contribution in [0.1, 0.15) is 18.4 Å². The summed E-state index contributed by atoms with van der Waals surface area (Å²) >= 11 is 1.65. The largest absolute Gasteiger partial charge is 0.340 e. The van der Waals surface area contributed by atoms with Crippen LogP contribution in [0, 0.1) is 0 Å². The van der Waals surface area contributed by atoms with Gasteiger partial charge in [-0.15, -0.1) is 11.3 Å². The van der Waals surface area contributed by atoms with E-state index in [9.17, 15) is 4.79 Å². The predicted molar refractivity (Wildman–Crippen MR) is 99.5 cm³/mol. The first kappa shape index (κ1) is 16.1. The second kappa shape index (κ2) is 6.13. The number of carbonyl (C=O) groups is 1. The molecule has 1 aliphatic rings. The predicted octanol–water partition coefficient (Wildman–Crippen LogP) is 3.05. The fourth-order valence-corrected chi connectivity index (χ4v) is 3.66. The Bertz CT molecular complexity index is 882. The smallest absolute Gasteiger partial charge is 0.242 e. The number of hydrogen-bond donors (Lipinski definition) is 1. The highest BCUT2D eigenvalue weighted by molar-refractivity contribution is 7.13. The highest BCUT2D eigenvalue weighted by Crippen LogP contribution is 2.35. The normalized spacial score (nSPS) is 15.1. The van der Waals surface area contributed by atoms with Crippen molar-refractivity contribution in [1.29, 1.82) is 0 Å². The van der Waals surface area contributed by atoms with Crippen molar-refractivity contribution < 1.29 is 4.79 Å². The summed E-state index contributed by atoms with van der Waals surface area (Å²) in [5.41, 5.74) is 8.35. The molecule has 0 atom stereocenters. The molecular formula is C19H20N4OS. The Balaban J connectivity index is 1.68. The Labute approximate surface area is 150 Å². The molecule has 1 amide bonds. The van der Waals surface area contributed by atoms with Gasteiger partial charge in [-0.25, -0.2) is 4.68 Å². The van der Waals surface area contributed by atoms with Gasteiger partial charge >= 0.3 is 0 Å². The molecule has 2 heterocycles. The molecule has 0 radical (unpaired) electrons. The average molecular weight is 352 g/mol. The van der Waals surface area contributed by atoms with Crippen molar-refractivity contribution in [2.75, 3.05) is 7.05 Å². The van der Waals surface area contributed by atoms with Crippen molar-refractivity contribution >= 4 is 17.2 Å². The highest BCUT2D eigenvalue weighted by atomic mass is 32.1. The van der Waals surface area contributed by atoms with E-state index in [0.29, 0.717) is 6.54 Å². The summed E-state index contributed by atoms with van der Waals surface area (Å²) in [6.07, 6.45) is 3.55. The van der Waals surface area contributed by atoms with Crippen molar-refractivity contribution in [3.05, 3.63) is 59.6 Å². The van der Waals surface area contributed by atoms with Crippen LogP contribution in [0.2, 0.25) is 0 Å². The number of rotatable bonds is 5. The lowest BCUT2D eigenvalue weighted by Gasteiger charge is -2.20. The number of hydrogen-bond acceptors (Lipinski definition) is 4. The first-order valence-corrected chi connectivity index (χ1v) is 9.17. The number of nitrogens with two attached hydrogens (primary N) is 1. The van der Waals surface area contributed by atoms with Gasteiger partial charge < -0.3 is 10.6 Å². The molecule has 2 N–H and O–H groups in total. The molecule has 0 aliphatic heterocycles. The number of benzene rings is 1. The molecule has 0 unspecified atom stereocenters. The molecule has 3 aromatic rings. The topological polar surface area (TPSA) is 64.2 Å². The maximum Gasteiger partial charge on any atom is 0.242 e. The van der Waals surface area contributed by atoms with E-state index in [-0.39, 0.29) is 5.91 Å². The third-order valence-electron chi connectivity index (χ3n) is 4.53. The van der Waals surface area contributed by atoms with Gasteiger partial charge in [-0.2, -0.15) is 5.10 Å². The first-order valence-electron chi connectivity index (χ1n) is 8.29. The third-order valence-corrected chi connectivity index (χ3v) is 5.41. The maximum absolute atomic E-state index is 12.5. The molecule has 0 bridgehead atoms. The fourth-order valence-electron chi connectivity index (χ4n) is 2.92. The SMILES string of the molecule is CN(Cc1cn(-c2ccccc2)nc1-c1cccs1)C(=O)C1(N)CC1. The van der Waals surface area contributed by atoms with E-state index in [4.69, 9.17) is 10.8 Å². The van der Waals surface area contributed by atoms with E-state index >= 15 is 0 Å². The van der Waals surface area contributed by atoms with Crippen LogP contribution >= 0.6 is 11.3 Å². The number of thiophene rings is 1. The van der Waals surface area contributed by atoms with Crippen LogP contribution in [0.5, 0.6) is 0 Å². The zero-order chi connectivity index (χ0) is 17.4. The van der Waals surface area contributed by atoms with Gasteiger partial charge in [0.25, 0.3) is 0 Å². The Morgan fingerprint density at radius 2 is 2.04 bits per heavy atom. The van der Waals surface area contributed by atoms with Crippen molar-refractivity contribution in [2.24, 2.45) is 5.73 Å². The Morgan fingerprint density at radius 1 is 1.28 bits per heavy atom. The molecule has 1 fully saturated rings. The minimum Gasteiger partial charge on any atom is -0.340 e. The van der Waals surface area contributed by atoms with Gasteiger partial charge in [0.15, 0.2) is 0 Å². The molecule has 1 aliphatic carbocycles. The monoisotopic (exact) mass is 352 g/mol. The minimum atomic E-state index is -0.646. The van der Waals surface area contributed by atoms with Gasteiger partial charge in [0, 0.05) is 25.4 Å². The molecule has 6 heteroatoms. The highest BCUT2D eigenvalue weighted by Gasteiger charge is 2.47. The number of amides is 1. The van der Waals surface area contributed by atoms with Gasteiger partial charge in [-0.05, 0) is 36.4 Å². The van der Waals surface area contributed by atoms with Crippen LogP contribution in [-0.2, 0) is 11.3 Å². The van der Waals surface area contributed by atoms with Gasteiger partial charge in [0.05, 0.1) is 16.1 Å². The quantitative estimate of drug-likeness (QED) is 0.767. The van der Waals surface area contributed by atoms with E-state index in [1.807, 2.05) is 59.7 Å². The minimum absolute atomic E-state index is 0.0112. The lowest BCUT2D eigenvalue weighted by atomic mass is 10.2. The molecule has 2 aromatic heterocycles. The van der Waals surface area contributed by atoms with Gasteiger partial charge in [-0.3, -0.25) is 4.79 Å². The molecule has 1 aromatic carbocycles. The van der Waals surface area contributed by atoms with Gasteiger partial charge in [0.1, 0.15) is 5.69 Å². The number of likely N-dealkylation sites (N-methyl/N-ethyl adjacent to an activating group) is 1. The van der Waals surface area contributed by atoms with Crippen LogP contribution in [0.25, 0.3) is 16.3 Å². The summed E-state index contributed by atoms with van der Waals surface area (Å²) in [7, 11) is 1.81. The van der Waals surface area contributed by atoms with Crippen LogP contribution in [0.4, 0.5) is 0 Å². The summed E-state index contributed by atoms with van der Waals surface area (Å²) in [4.78, 5) is 15.3. The summed E-state index contributed by atoms with van der Waals surface area (Å²) in [6.45, 7) is 0.498. The molecule has 128 valence electrons. The average Bonchev–Trinajstić information content (AvgIpc) is 3.05. The van der Waals surface area contributed by atoms with Crippen LogP contribution in [0.15, 0.2) is 54.0 Å². The molecule has 25 heavy (non-hydrogen) atoms. The summed E-state index contributed by atoms with van der Waals surface area (Å²) in [6, 6.07) is 14.1. The number of aromatic nitrogens is 2. The van der Waals surface area contributed by atoms with Crippen molar-refractivity contribution in [1.82, 2.24) is 14.7 Å². The Hall–Kier alpha value is -2.44. The standard InChI is InChI=1S/C19H20N4OS/c1-22(18(24)19(20)9-10-19)12-14-13-23(15-6-3-2-4-7-15)21-17(14)16-8-5-11-25-16/h2-8,11,13H,9-10,12,20H2,1H3. The first-order chi connectivity index (χ1) is 12.1. The lowest BCUT2D eigenvalue weighted by molar-refractivity contribution is -0.132. The zero-order valence-corrected chi connectivity index (χ0v) is 14.9. The van der Waals surface area contributed by atoms with Crippen molar-refractivity contribution in [2.45, 2.75) is 24.9 Å². The van der Waals surface area contributed by atoms with E-state index < -0.39 is 5.54 Å². The van der Waals surface area contributed by atoms with Crippen molar-refractivity contribution in [3.63, 3.8) is 0 Å². The molecule has 5 nitrogen and oxygen atoms in total. The Morgan fingerprint density at radius 3 is 2.68 bits per heavy atom. The van der Waals surface area contributed by atoms with Gasteiger partial charge in [-0.1, -0.05) is 24.3 Å². The van der Waals surface area contributed by atoms with Crippen LogP contribution in [-0.4, -0.2) is 33.2 Å². The lowest BCUT2D eigenvalue weighted by Crippen LogP contribution is -2.43. The van der Waals surface area contributed by atoms with Crippen molar-refractivity contribution in [3.8, 4) is 16.3 Å². The fraction of sp³-hybridized carbons (Fsp3) is 0.263. The van der Waals surface area contributed by atoms with E-state index in [2.05, 4.69) is 6.07 Å². The number of para-hydroxylation sites is 1. The molecule has 0 saturated heterocycles. The zero-order valence-electron chi connectivity index (χ0n) is 14.1. The second-order valence-corrected chi connectivity index (χ2v) is 7.53. The Kier molecular flexibility index (Phi) is 3.94. The van der Waals surface area contributed by atoms with E-state index in [1.54, 1.807) is 16.2 Å². The van der Waals surface area contributed by atoms with Crippen LogP contribution < -0.4 is 5.73 Å². The van der Waals surface area contributed by atoms with Crippen LogP contribution in [0.3, 0.4) is 0 Å². The van der Waals surface area contributed by atoms with E-state index in [0.717, 1.165) is 34.7 Å². The molecular weight excluding hydrogens is 332 g/mol.